The van der Waals surface area contributed by atoms with Crippen LogP contribution in [0.4, 0.5) is 11.4 Å². The third-order valence-corrected chi connectivity index (χ3v) is 3.10. The number of carbonyl (C=O) groups excluding carboxylic acids is 2. The number of ether oxygens (including phenoxy) is 1. The van der Waals surface area contributed by atoms with Crippen molar-refractivity contribution in [3.63, 3.8) is 0 Å². The van der Waals surface area contributed by atoms with Gasteiger partial charge in [-0.05, 0) is 24.3 Å². The molecule has 20 heavy (non-hydrogen) atoms. The molecule has 0 aliphatic carbocycles. The van der Waals surface area contributed by atoms with Gasteiger partial charge in [0.25, 0.3) is 5.91 Å². The van der Waals surface area contributed by atoms with E-state index >= 15 is 0 Å². The van der Waals surface area contributed by atoms with E-state index in [-0.39, 0.29) is 18.4 Å². The average Bonchev–Trinajstić information content (AvgIpc) is 2.39. The summed E-state index contributed by atoms with van der Waals surface area (Å²) in [4.78, 5) is 25.3. The van der Waals surface area contributed by atoms with Gasteiger partial charge in [-0.2, -0.15) is 0 Å². The van der Waals surface area contributed by atoms with E-state index in [0.29, 0.717) is 13.2 Å². The van der Waals surface area contributed by atoms with Gasteiger partial charge in [0.05, 0.1) is 6.61 Å². The number of hydrogen-bond acceptors (Lipinski definition) is 3. The first kappa shape index (κ1) is 14.5. The molecule has 0 spiro atoms. The summed E-state index contributed by atoms with van der Waals surface area (Å²) in [6, 6.07) is 7.28. The Morgan fingerprint density at radius 3 is 2.45 bits per heavy atom. The standard InChI is InChI=1S/C15H20N2O3/c1-15(2,3)14(19)16-11-4-6-12(7-5-11)17-8-9-20-10-13(17)18/h4-7H,8-10H2,1-3H3,(H,16,19). The lowest BCUT2D eigenvalue weighted by Gasteiger charge is -2.27. The van der Waals surface area contributed by atoms with E-state index in [2.05, 4.69) is 5.32 Å². The third-order valence-electron chi connectivity index (χ3n) is 3.10. The number of amides is 2. The minimum absolute atomic E-state index is 0.0345. The normalized spacial score (nSPS) is 16.1. The monoisotopic (exact) mass is 276 g/mol. The molecule has 1 saturated heterocycles. The Kier molecular flexibility index (Phi) is 4.09. The molecule has 2 rings (SSSR count). The van der Waals surface area contributed by atoms with Crippen LogP contribution in [0.2, 0.25) is 0 Å². The molecule has 0 atom stereocenters. The molecule has 0 radical (unpaired) electrons. The lowest BCUT2D eigenvalue weighted by Crippen LogP contribution is -2.41. The van der Waals surface area contributed by atoms with Crippen LogP contribution in [0.3, 0.4) is 0 Å². The maximum atomic E-state index is 11.9. The summed E-state index contributed by atoms with van der Waals surface area (Å²) in [5.41, 5.74) is 1.13. The molecule has 0 aromatic heterocycles. The van der Waals surface area contributed by atoms with Crippen molar-refractivity contribution >= 4 is 23.2 Å². The van der Waals surface area contributed by atoms with Gasteiger partial charge < -0.3 is 15.0 Å². The van der Waals surface area contributed by atoms with Gasteiger partial charge in [0, 0.05) is 23.3 Å². The first-order valence-corrected chi connectivity index (χ1v) is 6.67. The van der Waals surface area contributed by atoms with Crippen molar-refractivity contribution in [3.8, 4) is 0 Å². The van der Waals surface area contributed by atoms with E-state index < -0.39 is 5.41 Å². The van der Waals surface area contributed by atoms with Crippen molar-refractivity contribution in [1.82, 2.24) is 0 Å². The van der Waals surface area contributed by atoms with Crippen LogP contribution in [0, 0.1) is 5.41 Å². The van der Waals surface area contributed by atoms with E-state index in [1.54, 1.807) is 4.90 Å². The van der Waals surface area contributed by atoms with Gasteiger partial charge in [-0.25, -0.2) is 0 Å². The zero-order valence-corrected chi connectivity index (χ0v) is 12.1. The minimum atomic E-state index is -0.432. The molecule has 2 amide bonds. The minimum Gasteiger partial charge on any atom is -0.370 e. The van der Waals surface area contributed by atoms with Gasteiger partial charge in [-0.15, -0.1) is 0 Å². The maximum Gasteiger partial charge on any atom is 0.253 e. The Morgan fingerprint density at radius 2 is 1.90 bits per heavy atom. The topological polar surface area (TPSA) is 58.6 Å². The molecule has 5 heteroatoms. The Hall–Kier alpha value is -1.88. The van der Waals surface area contributed by atoms with Crippen molar-refractivity contribution in [2.45, 2.75) is 20.8 Å². The van der Waals surface area contributed by atoms with Crippen LogP contribution >= 0.6 is 0 Å². The number of carbonyl (C=O) groups is 2. The molecule has 1 aliphatic heterocycles. The zero-order valence-electron chi connectivity index (χ0n) is 12.1. The van der Waals surface area contributed by atoms with Crippen LogP contribution in [-0.2, 0) is 14.3 Å². The fraction of sp³-hybridized carbons (Fsp3) is 0.467. The summed E-state index contributed by atoms with van der Waals surface area (Å²) in [5.74, 6) is -0.0737. The highest BCUT2D eigenvalue weighted by atomic mass is 16.5. The fourth-order valence-electron chi connectivity index (χ4n) is 1.83. The van der Waals surface area contributed by atoms with Crippen LogP contribution in [-0.4, -0.2) is 31.6 Å². The third kappa shape index (κ3) is 3.36. The zero-order chi connectivity index (χ0) is 14.8. The Morgan fingerprint density at radius 1 is 1.25 bits per heavy atom. The van der Waals surface area contributed by atoms with Crippen LogP contribution < -0.4 is 10.2 Å². The van der Waals surface area contributed by atoms with Crippen LogP contribution in [0.25, 0.3) is 0 Å². The summed E-state index contributed by atoms with van der Waals surface area (Å²) in [5, 5.41) is 2.86. The molecule has 0 saturated carbocycles. The predicted octanol–water partition coefficient (Wildman–Crippen LogP) is 2.03. The van der Waals surface area contributed by atoms with Gasteiger partial charge in [-0.3, -0.25) is 9.59 Å². The number of benzene rings is 1. The second kappa shape index (κ2) is 5.63. The highest BCUT2D eigenvalue weighted by molar-refractivity contribution is 5.96. The second-order valence-corrected chi connectivity index (χ2v) is 5.85. The van der Waals surface area contributed by atoms with E-state index in [9.17, 15) is 9.59 Å². The largest absolute Gasteiger partial charge is 0.370 e. The summed E-state index contributed by atoms with van der Waals surface area (Å²) >= 11 is 0. The van der Waals surface area contributed by atoms with Gasteiger partial charge in [0.1, 0.15) is 6.61 Å². The summed E-state index contributed by atoms with van der Waals surface area (Å²) in [7, 11) is 0. The lowest BCUT2D eigenvalue weighted by atomic mass is 9.95. The molecule has 1 heterocycles. The summed E-state index contributed by atoms with van der Waals surface area (Å²) < 4.78 is 5.10. The molecule has 5 nitrogen and oxygen atoms in total. The van der Waals surface area contributed by atoms with Gasteiger partial charge in [0.15, 0.2) is 0 Å². The molecule has 1 fully saturated rings. The number of morpholine rings is 1. The van der Waals surface area contributed by atoms with Crippen LogP contribution in [0.5, 0.6) is 0 Å². The molecular formula is C15H20N2O3. The fourth-order valence-corrected chi connectivity index (χ4v) is 1.83. The number of rotatable bonds is 2. The van der Waals surface area contributed by atoms with Gasteiger partial charge >= 0.3 is 0 Å². The van der Waals surface area contributed by atoms with Crippen molar-refractivity contribution in [1.29, 1.82) is 0 Å². The Bertz CT molecular complexity index is 503. The maximum absolute atomic E-state index is 11.9. The summed E-state index contributed by atoms with van der Waals surface area (Å²) in [6.07, 6.45) is 0. The van der Waals surface area contributed by atoms with Gasteiger partial charge in [0.2, 0.25) is 5.91 Å². The Balaban J connectivity index is 2.06. The second-order valence-electron chi connectivity index (χ2n) is 5.85. The van der Waals surface area contributed by atoms with Crippen LogP contribution in [0.15, 0.2) is 24.3 Å². The molecule has 0 bridgehead atoms. The van der Waals surface area contributed by atoms with E-state index in [1.165, 1.54) is 0 Å². The van der Waals surface area contributed by atoms with E-state index in [1.807, 2.05) is 45.0 Å². The first-order chi connectivity index (χ1) is 9.38. The number of hydrogen-bond donors (Lipinski definition) is 1. The van der Waals surface area contributed by atoms with Crippen LogP contribution in [0.1, 0.15) is 20.8 Å². The average molecular weight is 276 g/mol. The lowest BCUT2D eigenvalue weighted by molar-refractivity contribution is -0.125. The van der Waals surface area contributed by atoms with Gasteiger partial charge in [-0.1, -0.05) is 20.8 Å². The SMILES string of the molecule is CC(C)(C)C(=O)Nc1ccc(N2CCOCC2=O)cc1. The molecule has 1 aliphatic rings. The highest BCUT2D eigenvalue weighted by Crippen LogP contribution is 2.21. The van der Waals surface area contributed by atoms with Crippen molar-refractivity contribution < 1.29 is 14.3 Å². The van der Waals surface area contributed by atoms with Crippen molar-refractivity contribution in [2.75, 3.05) is 30.0 Å². The predicted molar refractivity (Wildman–Crippen MR) is 77.7 cm³/mol. The first-order valence-electron chi connectivity index (χ1n) is 6.67. The number of anilines is 2. The van der Waals surface area contributed by atoms with E-state index in [4.69, 9.17) is 4.74 Å². The number of nitrogens with zero attached hydrogens (tertiary/aromatic N) is 1. The van der Waals surface area contributed by atoms with Crippen molar-refractivity contribution in [2.24, 2.45) is 5.41 Å². The molecule has 108 valence electrons. The van der Waals surface area contributed by atoms with E-state index in [0.717, 1.165) is 11.4 Å². The highest BCUT2D eigenvalue weighted by Gasteiger charge is 2.22. The van der Waals surface area contributed by atoms with Crippen molar-refractivity contribution in [3.05, 3.63) is 24.3 Å². The quantitative estimate of drug-likeness (QED) is 0.899. The summed E-state index contributed by atoms with van der Waals surface area (Å²) in [6.45, 7) is 6.83. The Labute approximate surface area is 118 Å². The number of nitrogens with one attached hydrogen (secondary N) is 1. The smallest absolute Gasteiger partial charge is 0.253 e. The molecule has 0 unspecified atom stereocenters. The molecule has 1 aromatic rings. The molecule has 1 N–H and O–H groups in total. The molecular weight excluding hydrogens is 256 g/mol. The molecule has 1 aromatic carbocycles.